The van der Waals surface area contributed by atoms with Gasteiger partial charge < -0.3 is 19.6 Å². The lowest BCUT2D eigenvalue weighted by molar-refractivity contribution is -0.119. The molecular weight excluding hydrogens is 252 g/mol. The first-order valence-electron chi connectivity index (χ1n) is 7.97. The SMILES string of the molecule is CN1CCN(CCC(=O)CCN2CCN(C)CC2)CC1. The minimum Gasteiger partial charge on any atom is -0.304 e. The first-order chi connectivity index (χ1) is 9.63. The minimum absolute atomic E-state index is 0.433. The van der Waals surface area contributed by atoms with Crippen molar-refractivity contribution in [3.8, 4) is 0 Å². The van der Waals surface area contributed by atoms with Crippen LogP contribution in [0.25, 0.3) is 0 Å². The number of likely N-dealkylation sites (N-methyl/N-ethyl adjacent to an activating group) is 2. The fourth-order valence-corrected chi connectivity index (χ4v) is 2.83. The summed E-state index contributed by atoms with van der Waals surface area (Å²) >= 11 is 0. The number of carbonyl (C=O) groups excluding carboxylic acids is 1. The summed E-state index contributed by atoms with van der Waals surface area (Å²) in [4.78, 5) is 21.5. The van der Waals surface area contributed by atoms with Crippen molar-refractivity contribution >= 4 is 5.78 Å². The molecule has 0 radical (unpaired) electrons. The van der Waals surface area contributed by atoms with Crippen LogP contribution in [0.4, 0.5) is 0 Å². The monoisotopic (exact) mass is 282 g/mol. The number of hydrogen-bond acceptors (Lipinski definition) is 5. The molecule has 2 rings (SSSR count). The van der Waals surface area contributed by atoms with Crippen LogP contribution in [0.3, 0.4) is 0 Å². The van der Waals surface area contributed by atoms with Crippen molar-refractivity contribution < 1.29 is 4.79 Å². The lowest BCUT2D eigenvalue weighted by Gasteiger charge is -2.33. The van der Waals surface area contributed by atoms with Gasteiger partial charge in [-0.2, -0.15) is 0 Å². The van der Waals surface area contributed by atoms with Crippen LogP contribution in [0.2, 0.25) is 0 Å². The number of nitrogens with zero attached hydrogens (tertiary/aromatic N) is 4. The molecule has 0 aromatic rings. The summed E-state index contributed by atoms with van der Waals surface area (Å²) in [6.45, 7) is 10.9. The Kier molecular flexibility index (Phi) is 6.42. The van der Waals surface area contributed by atoms with Crippen molar-refractivity contribution in [2.45, 2.75) is 12.8 Å². The molecule has 0 unspecified atom stereocenters. The molecule has 0 spiro atoms. The van der Waals surface area contributed by atoms with Crippen molar-refractivity contribution in [3.63, 3.8) is 0 Å². The van der Waals surface area contributed by atoms with E-state index in [1.165, 1.54) is 0 Å². The average Bonchev–Trinajstić information content (AvgIpc) is 2.46. The number of carbonyl (C=O) groups is 1. The molecule has 116 valence electrons. The molecule has 0 amide bonds. The molecule has 20 heavy (non-hydrogen) atoms. The molecule has 0 aromatic heterocycles. The molecule has 5 nitrogen and oxygen atoms in total. The predicted molar refractivity (Wildman–Crippen MR) is 82.1 cm³/mol. The van der Waals surface area contributed by atoms with Crippen LogP contribution in [-0.4, -0.2) is 105 Å². The first-order valence-corrected chi connectivity index (χ1v) is 7.97. The number of rotatable bonds is 6. The molecular formula is C15H30N4O. The third-order valence-electron chi connectivity index (χ3n) is 4.61. The van der Waals surface area contributed by atoms with Gasteiger partial charge in [0, 0.05) is 78.3 Å². The maximum Gasteiger partial charge on any atom is 0.135 e. The summed E-state index contributed by atoms with van der Waals surface area (Å²) in [5.74, 6) is 0.433. The lowest BCUT2D eigenvalue weighted by Crippen LogP contribution is -2.45. The maximum absolute atomic E-state index is 12.0. The Balaban J connectivity index is 1.54. The van der Waals surface area contributed by atoms with E-state index in [2.05, 4.69) is 33.7 Å². The number of ketones is 1. The molecule has 0 N–H and O–H groups in total. The summed E-state index contributed by atoms with van der Waals surface area (Å²) in [5, 5.41) is 0. The third kappa shape index (κ3) is 5.48. The zero-order chi connectivity index (χ0) is 14.4. The molecule has 0 bridgehead atoms. The maximum atomic E-state index is 12.0. The van der Waals surface area contributed by atoms with E-state index in [4.69, 9.17) is 0 Å². The topological polar surface area (TPSA) is 30.0 Å². The Hall–Kier alpha value is -0.490. The highest BCUT2D eigenvalue weighted by Crippen LogP contribution is 2.04. The smallest absolute Gasteiger partial charge is 0.135 e. The van der Waals surface area contributed by atoms with Gasteiger partial charge in [0.15, 0.2) is 0 Å². The largest absolute Gasteiger partial charge is 0.304 e. The van der Waals surface area contributed by atoms with Crippen molar-refractivity contribution in [1.29, 1.82) is 0 Å². The Bertz CT molecular complexity index is 266. The van der Waals surface area contributed by atoms with Gasteiger partial charge in [0.05, 0.1) is 0 Å². The second-order valence-corrected chi connectivity index (χ2v) is 6.33. The third-order valence-corrected chi connectivity index (χ3v) is 4.61. The van der Waals surface area contributed by atoms with E-state index in [1.807, 2.05) is 0 Å². The predicted octanol–water partition coefficient (Wildman–Crippen LogP) is -0.169. The van der Waals surface area contributed by atoms with Gasteiger partial charge in [-0.3, -0.25) is 4.79 Å². The Labute approximate surface area is 123 Å². The van der Waals surface area contributed by atoms with Crippen LogP contribution in [0.5, 0.6) is 0 Å². The van der Waals surface area contributed by atoms with Gasteiger partial charge >= 0.3 is 0 Å². The second kappa shape index (κ2) is 8.08. The Morgan fingerprint density at radius 2 is 1.05 bits per heavy atom. The summed E-state index contributed by atoms with van der Waals surface area (Å²) in [6, 6.07) is 0. The number of piperazine rings is 2. The van der Waals surface area contributed by atoms with E-state index in [1.54, 1.807) is 0 Å². The summed E-state index contributed by atoms with van der Waals surface area (Å²) in [7, 11) is 4.33. The normalized spacial score (nSPS) is 24.1. The average molecular weight is 282 g/mol. The van der Waals surface area contributed by atoms with E-state index >= 15 is 0 Å². The van der Waals surface area contributed by atoms with Crippen LogP contribution < -0.4 is 0 Å². The van der Waals surface area contributed by atoms with Gasteiger partial charge in [0.25, 0.3) is 0 Å². The van der Waals surface area contributed by atoms with Crippen LogP contribution >= 0.6 is 0 Å². The molecule has 2 saturated heterocycles. The van der Waals surface area contributed by atoms with E-state index in [-0.39, 0.29) is 0 Å². The van der Waals surface area contributed by atoms with Gasteiger partial charge in [0.1, 0.15) is 5.78 Å². The van der Waals surface area contributed by atoms with Crippen LogP contribution in [-0.2, 0) is 4.79 Å². The van der Waals surface area contributed by atoms with Gasteiger partial charge in [-0.05, 0) is 14.1 Å². The highest BCUT2D eigenvalue weighted by molar-refractivity contribution is 5.78. The van der Waals surface area contributed by atoms with E-state index in [0.717, 1.165) is 78.3 Å². The molecule has 2 aliphatic heterocycles. The van der Waals surface area contributed by atoms with Crippen LogP contribution in [0.15, 0.2) is 0 Å². The number of hydrogen-bond donors (Lipinski definition) is 0. The fourth-order valence-electron chi connectivity index (χ4n) is 2.83. The molecule has 2 heterocycles. The van der Waals surface area contributed by atoms with E-state index in [9.17, 15) is 4.79 Å². The standard InChI is InChI=1S/C15H30N4O/c1-16-7-11-18(12-8-16)5-3-15(20)4-6-19-13-9-17(2)10-14-19/h3-14H2,1-2H3. The zero-order valence-electron chi connectivity index (χ0n) is 13.2. The molecule has 2 aliphatic rings. The van der Waals surface area contributed by atoms with Crippen molar-refractivity contribution in [3.05, 3.63) is 0 Å². The fraction of sp³-hybridized carbons (Fsp3) is 0.933. The Morgan fingerprint density at radius 3 is 1.40 bits per heavy atom. The molecule has 5 heteroatoms. The quantitative estimate of drug-likeness (QED) is 0.675. The van der Waals surface area contributed by atoms with Gasteiger partial charge in [-0.1, -0.05) is 0 Å². The second-order valence-electron chi connectivity index (χ2n) is 6.33. The summed E-state index contributed by atoms with van der Waals surface area (Å²) in [6.07, 6.45) is 1.47. The lowest BCUT2D eigenvalue weighted by atomic mass is 10.2. The highest BCUT2D eigenvalue weighted by Gasteiger charge is 2.16. The van der Waals surface area contributed by atoms with Crippen LogP contribution in [0.1, 0.15) is 12.8 Å². The molecule has 0 aromatic carbocycles. The summed E-state index contributed by atoms with van der Waals surface area (Å²) in [5.41, 5.74) is 0. The van der Waals surface area contributed by atoms with Gasteiger partial charge in [-0.25, -0.2) is 0 Å². The van der Waals surface area contributed by atoms with Crippen molar-refractivity contribution in [1.82, 2.24) is 19.6 Å². The molecule has 2 fully saturated rings. The molecule has 0 aliphatic carbocycles. The minimum atomic E-state index is 0.433. The highest BCUT2D eigenvalue weighted by atomic mass is 16.1. The Morgan fingerprint density at radius 1 is 0.700 bits per heavy atom. The van der Waals surface area contributed by atoms with E-state index in [0.29, 0.717) is 5.78 Å². The molecule has 0 saturated carbocycles. The first kappa shape index (κ1) is 15.9. The van der Waals surface area contributed by atoms with Crippen LogP contribution in [0, 0.1) is 0 Å². The van der Waals surface area contributed by atoms with E-state index < -0.39 is 0 Å². The number of Topliss-reactive ketones (excluding diaryl/α,β-unsaturated/α-hetero) is 1. The summed E-state index contributed by atoms with van der Waals surface area (Å²) < 4.78 is 0. The zero-order valence-corrected chi connectivity index (χ0v) is 13.2. The van der Waals surface area contributed by atoms with Gasteiger partial charge in [0.2, 0.25) is 0 Å². The molecule has 0 atom stereocenters. The van der Waals surface area contributed by atoms with Crippen molar-refractivity contribution in [2.24, 2.45) is 0 Å². The van der Waals surface area contributed by atoms with Crippen molar-refractivity contribution in [2.75, 3.05) is 79.5 Å². The van der Waals surface area contributed by atoms with Gasteiger partial charge in [-0.15, -0.1) is 0 Å².